The number of methoxy groups -OCH3 is 1. The van der Waals surface area contributed by atoms with E-state index in [0.717, 1.165) is 37.1 Å². The molecule has 6 atom stereocenters. The molecule has 3 N–H and O–H groups in total. The molecule has 1 aliphatic carbocycles. The number of fused-ring (bicyclic) bond motifs is 6. The zero-order valence-corrected chi connectivity index (χ0v) is 15.5. The summed E-state index contributed by atoms with van der Waals surface area (Å²) in [6.07, 6.45) is 0.923. The van der Waals surface area contributed by atoms with E-state index in [0.29, 0.717) is 6.42 Å². The number of aliphatic hydroxyl groups excluding tert-OH is 2. The first kappa shape index (κ1) is 17.2. The summed E-state index contributed by atoms with van der Waals surface area (Å²) < 4.78 is 4.98. The Morgan fingerprint density at radius 2 is 2.07 bits per heavy atom. The van der Waals surface area contributed by atoms with Crippen LogP contribution < -0.4 is 0 Å². The number of nitrogens with one attached hydrogen (secondary N) is 1. The number of nitrogens with zero attached hydrogens (tertiary/aromatic N) is 1. The van der Waals surface area contributed by atoms with Gasteiger partial charge in [0.1, 0.15) is 0 Å². The monoisotopic (exact) mass is 370 g/mol. The molecule has 144 valence electrons. The number of benzene rings is 1. The summed E-state index contributed by atoms with van der Waals surface area (Å²) in [5.74, 6) is -1.13. The van der Waals surface area contributed by atoms with Gasteiger partial charge in [-0.05, 0) is 36.8 Å². The van der Waals surface area contributed by atoms with Gasteiger partial charge in [-0.25, -0.2) is 0 Å². The Labute approximate surface area is 158 Å². The van der Waals surface area contributed by atoms with E-state index >= 15 is 0 Å². The van der Waals surface area contributed by atoms with Gasteiger partial charge in [0.05, 0.1) is 31.3 Å². The van der Waals surface area contributed by atoms with Crippen molar-refractivity contribution in [1.29, 1.82) is 0 Å². The molecule has 0 radical (unpaired) electrons. The zero-order valence-electron chi connectivity index (χ0n) is 15.5. The number of H-pyrrole nitrogens is 1. The highest BCUT2D eigenvalue weighted by Crippen LogP contribution is 2.49. The van der Waals surface area contributed by atoms with Crippen molar-refractivity contribution in [2.45, 2.75) is 37.5 Å². The molecule has 0 spiro atoms. The van der Waals surface area contributed by atoms with Gasteiger partial charge in [-0.2, -0.15) is 0 Å². The maximum absolute atomic E-state index is 12.4. The van der Waals surface area contributed by atoms with Gasteiger partial charge in [-0.3, -0.25) is 9.69 Å². The lowest BCUT2D eigenvalue weighted by Gasteiger charge is -2.53. The van der Waals surface area contributed by atoms with E-state index in [1.54, 1.807) is 0 Å². The first-order valence-electron chi connectivity index (χ1n) is 9.87. The summed E-state index contributed by atoms with van der Waals surface area (Å²) in [5.41, 5.74) is 3.43. The number of para-hydroxylation sites is 1. The predicted octanol–water partition coefficient (Wildman–Crippen LogP) is 1.62. The Hall–Kier alpha value is -1.89. The number of piperidine rings is 1. The number of esters is 1. The van der Waals surface area contributed by atoms with E-state index in [-0.39, 0.29) is 17.9 Å². The minimum Gasteiger partial charge on any atom is -0.469 e. The summed E-state index contributed by atoms with van der Waals surface area (Å²) in [7, 11) is 1.36. The van der Waals surface area contributed by atoms with Gasteiger partial charge in [-0.15, -0.1) is 0 Å². The molecule has 1 saturated heterocycles. The van der Waals surface area contributed by atoms with E-state index in [9.17, 15) is 15.0 Å². The van der Waals surface area contributed by atoms with Crippen LogP contribution in [0.15, 0.2) is 24.3 Å². The van der Waals surface area contributed by atoms with Crippen molar-refractivity contribution in [3.8, 4) is 0 Å². The molecule has 1 aromatic carbocycles. The number of rotatable bonds is 1. The average Bonchev–Trinajstić information content (AvgIpc) is 3.06. The number of aromatic nitrogens is 1. The first-order valence-corrected chi connectivity index (χ1v) is 9.87. The van der Waals surface area contributed by atoms with E-state index in [4.69, 9.17) is 4.74 Å². The highest BCUT2D eigenvalue weighted by atomic mass is 16.5. The average molecular weight is 370 g/mol. The van der Waals surface area contributed by atoms with Gasteiger partial charge in [0.15, 0.2) is 0 Å². The van der Waals surface area contributed by atoms with Crippen molar-refractivity contribution < 1.29 is 19.7 Å². The molecule has 3 aliphatic rings. The van der Waals surface area contributed by atoms with Gasteiger partial charge in [-0.1, -0.05) is 18.2 Å². The third-order valence-electron chi connectivity index (χ3n) is 7.05. The molecule has 1 saturated carbocycles. The van der Waals surface area contributed by atoms with Crippen LogP contribution in [0.5, 0.6) is 0 Å². The van der Waals surface area contributed by atoms with Crippen LogP contribution in [0.1, 0.15) is 30.1 Å². The summed E-state index contributed by atoms with van der Waals surface area (Å²) >= 11 is 0. The Morgan fingerprint density at radius 1 is 1.26 bits per heavy atom. The van der Waals surface area contributed by atoms with Crippen LogP contribution in [0.25, 0.3) is 10.9 Å². The minimum atomic E-state index is -0.745. The number of ether oxygens (including phenoxy) is 1. The second-order valence-corrected chi connectivity index (χ2v) is 8.27. The number of hydrogen-bond acceptors (Lipinski definition) is 5. The SMILES string of the molecule is COC(=O)[C@@H]1[C@@H]2[C@@H](CC[C@@H]1O)CN1CCc3c([nH]c4ccccc34)[C@@H]1[C@@H]2O. The van der Waals surface area contributed by atoms with E-state index in [2.05, 4.69) is 22.0 Å². The smallest absolute Gasteiger partial charge is 0.311 e. The number of hydrogen-bond donors (Lipinski definition) is 3. The van der Waals surface area contributed by atoms with Gasteiger partial charge in [0.2, 0.25) is 0 Å². The lowest BCUT2D eigenvalue weighted by atomic mass is 9.63. The molecule has 6 nitrogen and oxygen atoms in total. The fourth-order valence-corrected chi connectivity index (χ4v) is 5.88. The second kappa shape index (κ2) is 6.33. The van der Waals surface area contributed by atoms with Crippen LogP contribution in [-0.2, 0) is 16.0 Å². The Morgan fingerprint density at radius 3 is 2.89 bits per heavy atom. The summed E-state index contributed by atoms with van der Waals surface area (Å²) in [5, 5.41) is 23.1. The highest BCUT2D eigenvalue weighted by Gasteiger charge is 2.54. The molecule has 6 heteroatoms. The van der Waals surface area contributed by atoms with Crippen LogP contribution in [0, 0.1) is 17.8 Å². The van der Waals surface area contributed by atoms with Gasteiger partial charge in [0.25, 0.3) is 0 Å². The normalized spacial score (nSPS) is 36.0. The highest BCUT2D eigenvalue weighted by molar-refractivity contribution is 5.85. The molecule has 2 aromatic rings. The maximum atomic E-state index is 12.4. The molecule has 27 heavy (non-hydrogen) atoms. The zero-order chi connectivity index (χ0) is 18.7. The summed E-state index contributed by atoms with van der Waals surface area (Å²) in [6.45, 7) is 1.76. The molecule has 0 bridgehead atoms. The van der Waals surface area contributed by atoms with Gasteiger partial charge >= 0.3 is 5.97 Å². The number of carbonyl (C=O) groups excluding carboxylic acids is 1. The molecular formula is C21H26N2O4. The number of aromatic amines is 1. The van der Waals surface area contributed by atoms with E-state index in [1.807, 2.05) is 12.1 Å². The lowest BCUT2D eigenvalue weighted by Crippen LogP contribution is -2.60. The topological polar surface area (TPSA) is 85.8 Å². The number of aliphatic hydroxyl groups is 2. The van der Waals surface area contributed by atoms with Crippen LogP contribution in [0.3, 0.4) is 0 Å². The van der Waals surface area contributed by atoms with Gasteiger partial charge in [0, 0.05) is 35.6 Å². The molecule has 3 heterocycles. The molecule has 2 aliphatic heterocycles. The fraction of sp³-hybridized carbons (Fsp3) is 0.571. The largest absolute Gasteiger partial charge is 0.469 e. The van der Waals surface area contributed by atoms with Crippen molar-refractivity contribution in [1.82, 2.24) is 9.88 Å². The molecule has 1 aromatic heterocycles. The second-order valence-electron chi connectivity index (χ2n) is 8.27. The Balaban J connectivity index is 1.57. The van der Waals surface area contributed by atoms with Crippen molar-refractivity contribution in [3.05, 3.63) is 35.5 Å². The van der Waals surface area contributed by atoms with Crippen molar-refractivity contribution in [2.75, 3.05) is 20.2 Å². The van der Waals surface area contributed by atoms with Crippen LogP contribution in [-0.4, -0.2) is 58.5 Å². The van der Waals surface area contributed by atoms with Gasteiger partial charge < -0.3 is 19.9 Å². The van der Waals surface area contributed by atoms with Crippen molar-refractivity contribution >= 4 is 16.9 Å². The maximum Gasteiger partial charge on any atom is 0.311 e. The summed E-state index contributed by atoms with van der Waals surface area (Å²) in [4.78, 5) is 18.3. The van der Waals surface area contributed by atoms with Crippen LogP contribution in [0.2, 0.25) is 0 Å². The lowest BCUT2D eigenvalue weighted by molar-refractivity contribution is -0.173. The Kier molecular flexibility index (Phi) is 4.04. The van der Waals surface area contributed by atoms with Crippen LogP contribution in [0.4, 0.5) is 0 Å². The number of carbonyl (C=O) groups is 1. The minimum absolute atomic E-state index is 0.167. The fourth-order valence-electron chi connectivity index (χ4n) is 5.88. The third kappa shape index (κ3) is 2.47. The third-order valence-corrected chi connectivity index (χ3v) is 7.05. The quantitative estimate of drug-likeness (QED) is 0.664. The molecule has 5 rings (SSSR count). The van der Waals surface area contributed by atoms with Crippen molar-refractivity contribution in [3.63, 3.8) is 0 Å². The predicted molar refractivity (Wildman–Crippen MR) is 100 cm³/mol. The first-order chi connectivity index (χ1) is 13.1. The Bertz CT molecular complexity index is 878. The van der Waals surface area contributed by atoms with E-state index in [1.165, 1.54) is 18.1 Å². The van der Waals surface area contributed by atoms with Crippen molar-refractivity contribution in [2.24, 2.45) is 17.8 Å². The van der Waals surface area contributed by atoms with Crippen LogP contribution >= 0.6 is 0 Å². The van der Waals surface area contributed by atoms with E-state index < -0.39 is 24.1 Å². The summed E-state index contributed by atoms with van der Waals surface area (Å²) in [6, 6.07) is 8.08. The molecule has 2 fully saturated rings. The molecule has 0 amide bonds. The molecular weight excluding hydrogens is 344 g/mol. The molecule has 0 unspecified atom stereocenters. The standard InChI is InChI=1S/C21H26N2O4/c1-27-21(26)17-15(24)7-6-11-10-23-9-8-13-12-4-2-3-5-14(12)22-18(13)19(23)20(25)16(11)17/h2-5,11,15-17,19-20,22,24-25H,6-10H2,1H3/t11-,15-,16-,17-,19+,20+/m0/s1.